The van der Waals surface area contributed by atoms with Crippen LogP contribution in [0.5, 0.6) is 6.01 Å². The molecule has 1 aromatic heterocycles. The zero-order valence-electron chi connectivity index (χ0n) is 13.0. The summed E-state index contributed by atoms with van der Waals surface area (Å²) >= 11 is 0. The SMILES string of the molecule is CCCCCOC(=O)COc1nc(-c2ccc(F)cc2F)n(O)n1. The molecule has 2 aromatic rings. The first kappa shape index (κ1) is 17.6. The molecule has 0 radical (unpaired) electrons. The maximum Gasteiger partial charge on any atom is 0.344 e. The third-order valence-corrected chi connectivity index (χ3v) is 3.07. The molecule has 0 aliphatic heterocycles. The summed E-state index contributed by atoms with van der Waals surface area (Å²) in [6.07, 6.45) is 2.73. The minimum absolute atomic E-state index is 0.164. The van der Waals surface area contributed by atoms with Gasteiger partial charge in [0.2, 0.25) is 5.82 Å². The quantitative estimate of drug-likeness (QED) is 0.451. The number of unbranched alkanes of at least 4 members (excludes halogenated alkanes) is 2. The highest BCUT2D eigenvalue weighted by atomic mass is 19.1. The largest absolute Gasteiger partial charge is 0.463 e. The Morgan fingerprint density at radius 1 is 1.33 bits per heavy atom. The summed E-state index contributed by atoms with van der Waals surface area (Å²) in [5.41, 5.74) is -0.164. The number of benzene rings is 1. The highest BCUT2D eigenvalue weighted by molar-refractivity contribution is 5.71. The minimum Gasteiger partial charge on any atom is -0.463 e. The molecule has 0 saturated carbocycles. The topological polar surface area (TPSA) is 86.5 Å². The molecule has 0 fully saturated rings. The molecule has 24 heavy (non-hydrogen) atoms. The van der Waals surface area contributed by atoms with Crippen molar-refractivity contribution < 1.29 is 28.3 Å². The number of hydrogen-bond donors (Lipinski definition) is 1. The number of halogens is 2. The van der Waals surface area contributed by atoms with Crippen LogP contribution in [0.4, 0.5) is 8.78 Å². The van der Waals surface area contributed by atoms with Crippen LogP contribution in [0.15, 0.2) is 18.2 Å². The van der Waals surface area contributed by atoms with Crippen molar-refractivity contribution in [2.75, 3.05) is 13.2 Å². The number of rotatable bonds is 8. The van der Waals surface area contributed by atoms with E-state index in [0.717, 1.165) is 31.4 Å². The minimum atomic E-state index is -0.917. The van der Waals surface area contributed by atoms with Crippen molar-refractivity contribution in [3.05, 3.63) is 29.8 Å². The van der Waals surface area contributed by atoms with Gasteiger partial charge >= 0.3 is 12.0 Å². The van der Waals surface area contributed by atoms with Crippen molar-refractivity contribution in [1.82, 2.24) is 14.9 Å². The summed E-state index contributed by atoms with van der Waals surface area (Å²) in [5, 5.41) is 13.1. The van der Waals surface area contributed by atoms with Crippen molar-refractivity contribution in [1.29, 1.82) is 0 Å². The lowest BCUT2D eigenvalue weighted by Crippen LogP contribution is -2.16. The second-order valence-electron chi connectivity index (χ2n) is 4.95. The molecule has 9 heteroatoms. The van der Waals surface area contributed by atoms with E-state index in [1.54, 1.807) is 0 Å². The fraction of sp³-hybridized carbons (Fsp3) is 0.400. The maximum atomic E-state index is 13.7. The highest BCUT2D eigenvalue weighted by Crippen LogP contribution is 2.22. The molecule has 1 aromatic carbocycles. The van der Waals surface area contributed by atoms with Gasteiger partial charge in [-0.2, -0.15) is 4.98 Å². The first-order chi connectivity index (χ1) is 11.5. The molecule has 1 N–H and O–H groups in total. The number of ether oxygens (including phenoxy) is 2. The van der Waals surface area contributed by atoms with Gasteiger partial charge in [-0.25, -0.2) is 13.6 Å². The predicted octanol–water partition coefficient (Wildman–Crippen LogP) is 2.57. The number of aromatic nitrogens is 3. The maximum absolute atomic E-state index is 13.7. The normalized spacial score (nSPS) is 10.6. The van der Waals surface area contributed by atoms with E-state index in [4.69, 9.17) is 9.47 Å². The lowest BCUT2D eigenvalue weighted by atomic mass is 10.2. The Kier molecular flexibility index (Phi) is 6.05. The molecule has 0 unspecified atom stereocenters. The summed E-state index contributed by atoms with van der Waals surface area (Å²) < 4.78 is 36.5. The molecule has 1 heterocycles. The van der Waals surface area contributed by atoms with Crippen molar-refractivity contribution in [2.45, 2.75) is 26.2 Å². The first-order valence-corrected chi connectivity index (χ1v) is 7.41. The summed E-state index contributed by atoms with van der Waals surface area (Å²) in [6.45, 7) is 1.88. The van der Waals surface area contributed by atoms with Crippen LogP contribution in [0.2, 0.25) is 0 Å². The van der Waals surface area contributed by atoms with Crippen molar-refractivity contribution in [2.24, 2.45) is 0 Å². The first-order valence-electron chi connectivity index (χ1n) is 7.41. The second kappa shape index (κ2) is 8.23. The summed E-state index contributed by atoms with van der Waals surface area (Å²) in [5.74, 6) is -2.56. The second-order valence-corrected chi connectivity index (χ2v) is 4.95. The molecular weight excluding hydrogens is 324 g/mol. The van der Waals surface area contributed by atoms with Gasteiger partial charge in [-0.1, -0.05) is 29.7 Å². The van der Waals surface area contributed by atoms with E-state index in [-0.39, 0.29) is 22.2 Å². The van der Waals surface area contributed by atoms with E-state index >= 15 is 0 Å². The van der Waals surface area contributed by atoms with E-state index in [1.807, 2.05) is 6.92 Å². The molecule has 0 atom stereocenters. The summed E-state index contributed by atoms with van der Waals surface area (Å²) in [7, 11) is 0. The molecule has 0 aliphatic rings. The van der Waals surface area contributed by atoms with Gasteiger partial charge in [-0.15, -0.1) is 0 Å². The van der Waals surface area contributed by atoms with Gasteiger partial charge < -0.3 is 14.7 Å². The Morgan fingerprint density at radius 3 is 2.83 bits per heavy atom. The lowest BCUT2D eigenvalue weighted by molar-refractivity contribution is -0.146. The average molecular weight is 341 g/mol. The predicted molar refractivity (Wildman–Crippen MR) is 78.5 cm³/mol. The van der Waals surface area contributed by atoms with Crippen LogP contribution >= 0.6 is 0 Å². The van der Waals surface area contributed by atoms with Gasteiger partial charge in [-0.3, -0.25) is 0 Å². The van der Waals surface area contributed by atoms with Crippen LogP contribution in [0.3, 0.4) is 0 Å². The van der Waals surface area contributed by atoms with E-state index in [1.165, 1.54) is 0 Å². The summed E-state index contributed by atoms with van der Waals surface area (Å²) in [4.78, 5) is 15.5. The summed E-state index contributed by atoms with van der Waals surface area (Å²) in [6, 6.07) is 2.44. The van der Waals surface area contributed by atoms with Crippen molar-refractivity contribution >= 4 is 5.97 Å². The molecule has 7 nitrogen and oxygen atoms in total. The van der Waals surface area contributed by atoms with Crippen LogP contribution in [-0.2, 0) is 9.53 Å². The Bertz CT molecular complexity index is 706. The van der Waals surface area contributed by atoms with Crippen LogP contribution in [0.25, 0.3) is 11.4 Å². The Morgan fingerprint density at radius 2 is 2.12 bits per heavy atom. The third-order valence-electron chi connectivity index (χ3n) is 3.07. The van der Waals surface area contributed by atoms with Gasteiger partial charge in [-0.05, 0) is 18.6 Å². The van der Waals surface area contributed by atoms with Gasteiger partial charge in [0.1, 0.15) is 11.6 Å². The number of esters is 1. The third kappa shape index (κ3) is 4.64. The van der Waals surface area contributed by atoms with Crippen molar-refractivity contribution in [3.8, 4) is 17.4 Å². The van der Waals surface area contributed by atoms with Gasteiger partial charge in [0, 0.05) is 6.07 Å². The fourth-order valence-corrected chi connectivity index (χ4v) is 1.89. The number of hydrogen-bond acceptors (Lipinski definition) is 6. The molecular formula is C15H17F2N3O4. The van der Waals surface area contributed by atoms with E-state index < -0.39 is 24.2 Å². The molecule has 2 rings (SSSR count). The molecule has 0 spiro atoms. The Balaban J connectivity index is 1.95. The highest BCUT2D eigenvalue weighted by Gasteiger charge is 2.17. The van der Waals surface area contributed by atoms with Crippen molar-refractivity contribution in [3.63, 3.8) is 0 Å². The average Bonchev–Trinajstić information content (AvgIpc) is 2.90. The number of carbonyl (C=O) groups is 1. The Hall–Kier alpha value is -2.71. The van der Waals surface area contributed by atoms with Crippen LogP contribution in [0.1, 0.15) is 26.2 Å². The van der Waals surface area contributed by atoms with Gasteiger partial charge in [0.05, 0.1) is 12.2 Å². The van der Waals surface area contributed by atoms with E-state index in [0.29, 0.717) is 12.7 Å². The zero-order valence-corrected chi connectivity index (χ0v) is 13.0. The zero-order chi connectivity index (χ0) is 17.5. The van der Waals surface area contributed by atoms with Crippen LogP contribution in [-0.4, -0.2) is 39.3 Å². The van der Waals surface area contributed by atoms with E-state index in [2.05, 4.69) is 10.1 Å². The standard InChI is InChI=1S/C15H17F2N3O4/c1-2-3-4-7-23-13(21)9-24-15-18-14(20(22)19-15)11-6-5-10(16)8-12(11)17/h5-6,8,22H,2-4,7,9H2,1H3. The van der Waals surface area contributed by atoms with E-state index in [9.17, 15) is 18.8 Å². The monoisotopic (exact) mass is 341 g/mol. The molecule has 130 valence electrons. The van der Waals surface area contributed by atoms with Gasteiger partial charge in [0.15, 0.2) is 6.61 Å². The smallest absolute Gasteiger partial charge is 0.344 e. The van der Waals surface area contributed by atoms with Gasteiger partial charge in [0.25, 0.3) is 0 Å². The lowest BCUT2D eigenvalue weighted by Gasteiger charge is -2.03. The fourth-order valence-electron chi connectivity index (χ4n) is 1.89. The van der Waals surface area contributed by atoms with Crippen LogP contribution in [0, 0.1) is 11.6 Å². The molecule has 0 amide bonds. The van der Waals surface area contributed by atoms with Crippen LogP contribution < -0.4 is 4.74 Å². The number of nitrogens with zero attached hydrogens (tertiary/aromatic N) is 3. The molecule has 0 bridgehead atoms. The molecule has 0 saturated heterocycles. The Labute approximate surface area is 136 Å². The molecule has 0 aliphatic carbocycles. The number of carbonyl (C=O) groups excluding carboxylic acids is 1.